The molecule has 0 aromatic heterocycles. The molecule has 2 rings (SSSR count). The number of carbonyl (C=O) groups is 1. The molecule has 0 bridgehead atoms. The average Bonchev–Trinajstić information content (AvgIpc) is 2.76. The van der Waals surface area contributed by atoms with Gasteiger partial charge < -0.3 is 24.5 Å². The predicted octanol–water partition coefficient (Wildman–Crippen LogP) is 5.48. The number of hydrogen-bond acceptors (Lipinski definition) is 7. The van der Waals surface area contributed by atoms with E-state index < -0.39 is 15.1 Å². The van der Waals surface area contributed by atoms with Gasteiger partial charge in [0.2, 0.25) is 0 Å². The Morgan fingerprint density at radius 2 is 1.83 bits per heavy atom. The molecule has 196 valence electrons. The van der Waals surface area contributed by atoms with E-state index in [1.807, 2.05) is 42.1 Å². The van der Waals surface area contributed by atoms with Crippen LogP contribution in [0.15, 0.2) is 46.7 Å². The smallest absolute Gasteiger partial charge is 0.273 e. The van der Waals surface area contributed by atoms with E-state index in [2.05, 4.69) is 38.2 Å². The zero-order chi connectivity index (χ0) is 27.1. The van der Waals surface area contributed by atoms with Crippen LogP contribution in [0.3, 0.4) is 0 Å². The van der Waals surface area contributed by atoms with Gasteiger partial charge in [-0.1, -0.05) is 37.8 Å². The SMILES string of the molecule is CNC(=O)/C(=N/OC)c1cccc(C)c1CO/N=C(\C)c1ccc(OC(C)(C)I)cc1OC(C)(F)P. The van der Waals surface area contributed by atoms with Crippen LogP contribution in [0.25, 0.3) is 0 Å². The summed E-state index contributed by atoms with van der Waals surface area (Å²) in [6, 6.07) is 10.6. The van der Waals surface area contributed by atoms with E-state index in [0.717, 1.165) is 11.1 Å². The fourth-order valence-corrected chi connectivity index (χ4v) is 3.61. The number of likely N-dealkylation sites (N-methyl/N-ethyl adjacent to an activating group) is 1. The normalized spacial score (nSPS) is 14.1. The molecule has 0 heterocycles. The van der Waals surface area contributed by atoms with Crippen molar-refractivity contribution in [1.82, 2.24) is 5.32 Å². The van der Waals surface area contributed by atoms with Gasteiger partial charge in [0, 0.05) is 36.7 Å². The molecule has 1 N–H and O–H groups in total. The fourth-order valence-electron chi connectivity index (χ4n) is 3.23. The van der Waals surface area contributed by atoms with Crippen LogP contribution in [-0.2, 0) is 21.1 Å². The Morgan fingerprint density at radius 3 is 2.42 bits per heavy atom. The van der Waals surface area contributed by atoms with E-state index in [1.165, 1.54) is 21.1 Å². The van der Waals surface area contributed by atoms with E-state index in [1.54, 1.807) is 31.2 Å². The third-order valence-corrected chi connectivity index (χ3v) is 5.05. The van der Waals surface area contributed by atoms with E-state index in [9.17, 15) is 9.18 Å². The first kappa shape index (κ1) is 29.8. The summed E-state index contributed by atoms with van der Waals surface area (Å²) in [7, 11) is 4.90. The Bertz CT molecular complexity index is 1140. The van der Waals surface area contributed by atoms with Crippen LogP contribution in [0.2, 0.25) is 0 Å². The highest BCUT2D eigenvalue weighted by atomic mass is 127. The molecule has 2 unspecified atom stereocenters. The van der Waals surface area contributed by atoms with Gasteiger partial charge in [-0.3, -0.25) is 4.79 Å². The van der Waals surface area contributed by atoms with Gasteiger partial charge in [0.05, 0.1) is 5.71 Å². The number of carbonyl (C=O) groups excluding carboxylic acids is 1. The largest absolute Gasteiger partial charge is 0.477 e. The first-order valence-corrected chi connectivity index (χ1v) is 12.7. The zero-order valence-electron chi connectivity index (χ0n) is 21.4. The zero-order valence-corrected chi connectivity index (χ0v) is 24.8. The molecule has 1 amide bonds. The highest BCUT2D eigenvalue weighted by Gasteiger charge is 2.23. The van der Waals surface area contributed by atoms with Gasteiger partial charge in [-0.25, -0.2) is 0 Å². The lowest BCUT2D eigenvalue weighted by Gasteiger charge is -2.23. The molecule has 2 atom stereocenters. The van der Waals surface area contributed by atoms with E-state index >= 15 is 0 Å². The van der Waals surface area contributed by atoms with Crippen LogP contribution in [-0.4, -0.2) is 40.7 Å². The predicted molar refractivity (Wildman–Crippen MR) is 151 cm³/mol. The number of rotatable bonds is 11. The lowest BCUT2D eigenvalue weighted by molar-refractivity contribution is -0.114. The summed E-state index contributed by atoms with van der Waals surface area (Å²) < 4.78 is 25.3. The van der Waals surface area contributed by atoms with Gasteiger partial charge in [0.1, 0.15) is 25.2 Å². The minimum atomic E-state index is -2.00. The molecule has 2 aromatic carbocycles. The molecule has 0 aliphatic heterocycles. The van der Waals surface area contributed by atoms with Crippen LogP contribution in [0.5, 0.6) is 11.5 Å². The van der Waals surface area contributed by atoms with Gasteiger partial charge in [-0.15, -0.1) is 0 Å². The maximum Gasteiger partial charge on any atom is 0.273 e. The van der Waals surface area contributed by atoms with Crippen molar-refractivity contribution >= 4 is 49.2 Å². The molecule has 36 heavy (non-hydrogen) atoms. The number of hydrogen-bond donors (Lipinski definition) is 1. The van der Waals surface area contributed by atoms with Gasteiger partial charge in [-0.2, -0.15) is 4.39 Å². The molecule has 0 saturated heterocycles. The highest BCUT2D eigenvalue weighted by molar-refractivity contribution is 14.1. The summed E-state index contributed by atoms with van der Waals surface area (Å²) in [6.07, 6.45) is 0. The average molecular weight is 631 g/mol. The number of oxime groups is 2. The van der Waals surface area contributed by atoms with Crippen LogP contribution in [0.4, 0.5) is 4.39 Å². The number of nitrogens with zero attached hydrogens (tertiary/aromatic N) is 2. The molecule has 0 radical (unpaired) electrons. The van der Waals surface area contributed by atoms with Crippen LogP contribution in [0.1, 0.15) is 49.9 Å². The maximum atomic E-state index is 14.4. The van der Waals surface area contributed by atoms with E-state index in [-0.39, 0.29) is 18.1 Å². The van der Waals surface area contributed by atoms with Crippen molar-refractivity contribution in [1.29, 1.82) is 0 Å². The number of halogens is 2. The first-order chi connectivity index (χ1) is 16.8. The summed E-state index contributed by atoms with van der Waals surface area (Å²) in [5, 5.41) is 10.7. The van der Waals surface area contributed by atoms with Gasteiger partial charge in [0.15, 0.2) is 9.32 Å². The minimum Gasteiger partial charge on any atom is -0.477 e. The molecule has 0 spiro atoms. The lowest BCUT2D eigenvalue weighted by atomic mass is 9.98. The number of aryl methyl sites for hydroxylation is 1. The molecule has 0 fully saturated rings. The highest BCUT2D eigenvalue weighted by Crippen LogP contribution is 2.34. The topological polar surface area (TPSA) is 90.7 Å². The second-order valence-electron chi connectivity index (χ2n) is 8.46. The third kappa shape index (κ3) is 8.89. The Kier molecular flexibility index (Phi) is 10.5. The van der Waals surface area contributed by atoms with Crippen molar-refractivity contribution in [3.63, 3.8) is 0 Å². The van der Waals surface area contributed by atoms with Gasteiger partial charge >= 0.3 is 0 Å². The minimum absolute atomic E-state index is 0.0595. The summed E-state index contributed by atoms with van der Waals surface area (Å²) in [4.78, 5) is 22.9. The van der Waals surface area contributed by atoms with Crippen molar-refractivity contribution in [2.45, 2.75) is 50.4 Å². The Balaban J connectivity index is 2.37. The van der Waals surface area contributed by atoms with Crippen LogP contribution < -0.4 is 14.8 Å². The molecule has 0 aliphatic carbocycles. The summed E-state index contributed by atoms with van der Waals surface area (Å²) >= 11 is 2.16. The molecular weight excluding hydrogens is 599 g/mol. The molecular formula is C25H32FIN3O5P. The van der Waals surface area contributed by atoms with Gasteiger partial charge in [0.25, 0.3) is 11.5 Å². The quantitative estimate of drug-likeness (QED) is 0.117. The molecule has 11 heteroatoms. The molecule has 8 nitrogen and oxygen atoms in total. The molecule has 0 aliphatic rings. The number of amides is 1. The standard InChI is InChI=1S/C25H32FIN3O5P/c1-15-9-8-10-19(22(30-32-7)23(31)28-6)20(15)14-33-29-16(2)18-12-11-17(34-24(3,4)27)13-21(18)35-25(5,26)36/h8-13H,14,36H2,1-7H3,(H,28,31)/b29-16+,30-22+. The van der Waals surface area contributed by atoms with Crippen LogP contribution >= 0.6 is 31.8 Å². The van der Waals surface area contributed by atoms with Crippen LogP contribution in [0, 0.1) is 6.92 Å². The molecule has 2 aromatic rings. The third-order valence-electron chi connectivity index (χ3n) is 4.71. The second kappa shape index (κ2) is 12.7. The Morgan fingerprint density at radius 1 is 1.14 bits per heavy atom. The maximum absolute atomic E-state index is 14.4. The Hall–Kier alpha value is -2.46. The van der Waals surface area contributed by atoms with Gasteiger partial charge in [-0.05, 0) is 68.0 Å². The van der Waals surface area contributed by atoms with Crippen molar-refractivity contribution in [2.75, 3.05) is 14.2 Å². The monoisotopic (exact) mass is 631 g/mol. The number of benzene rings is 2. The van der Waals surface area contributed by atoms with Crippen molar-refractivity contribution in [3.05, 3.63) is 58.7 Å². The first-order valence-electron chi connectivity index (χ1n) is 11.0. The van der Waals surface area contributed by atoms with Crippen molar-refractivity contribution in [2.24, 2.45) is 10.3 Å². The summed E-state index contributed by atoms with van der Waals surface area (Å²) in [5.41, 5.74) is 1.29. The van der Waals surface area contributed by atoms with E-state index in [0.29, 0.717) is 22.6 Å². The fraction of sp³-hybridized carbons (Fsp3) is 0.400. The lowest BCUT2D eigenvalue weighted by Crippen LogP contribution is -2.29. The Labute approximate surface area is 227 Å². The number of alkyl halides is 2. The number of ether oxygens (including phenoxy) is 2. The molecule has 0 saturated carbocycles. The number of nitrogens with one attached hydrogen (secondary N) is 1. The van der Waals surface area contributed by atoms with E-state index in [4.69, 9.17) is 19.1 Å². The summed E-state index contributed by atoms with van der Waals surface area (Å²) in [5.74, 6) is 0.386. The van der Waals surface area contributed by atoms with Crippen molar-refractivity contribution in [3.8, 4) is 11.5 Å². The second-order valence-corrected chi connectivity index (χ2v) is 12.1. The summed E-state index contributed by atoms with van der Waals surface area (Å²) in [6.45, 7) is 8.78. The van der Waals surface area contributed by atoms with Crippen molar-refractivity contribution < 1.29 is 28.3 Å².